The third-order valence-corrected chi connectivity index (χ3v) is 2.78. The van der Waals surface area contributed by atoms with Crippen LogP contribution in [0.5, 0.6) is 0 Å². The van der Waals surface area contributed by atoms with Gasteiger partial charge in [-0.05, 0) is 17.7 Å². The summed E-state index contributed by atoms with van der Waals surface area (Å²) < 4.78 is 0. The molecule has 0 amide bonds. The molecule has 0 atom stereocenters. The zero-order valence-electron chi connectivity index (χ0n) is 11.2. The van der Waals surface area contributed by atoms with E-state index in [-0.39, 0.29) is 6.61 Å². The summed E-state index contributed by atoms with van der Waals surface area (Å²) in [5.74, 6) is 0. The van der Waals surface area contributed by atoms with Crippen molar-refractivity contribution in [2.75, 3.05) is 26.2 Å². The molecule has 0 aromatic heterocycles. The van der Waals surface area contributed by atoms with Crippen LogP contribution in [-0.2, 0) is 13.1 Å². The minimum absolute atomic E-state index is 0.185. The molecule has 0 saturated heterocycles. The van der Waals surface area contributed by atoms with Gasteiger partial charge in [-0.2, -0.15) is 0 Å². The Hall–Kier alpha value is -1.16. The largest absolute Gasteiger partial charge is 0.395 e. The second-order valence-electron chi connectivity index (χ2n) is 4.35. The molecule has 3 nitrogen and oxygen atoms in total. The quantitative estimate of drug-likeness (QED) is 0.654. The molecule has 1 aromatic carbocycles. The summed E-state index contributed by atoms with van der Waals surface area (Å²) in [5, 5.41) is 12.4. The predicted octanol–water partition coefficient (Wildman–Crippen LogP) is 1.78. The highest BCUT2D eigenvalue weighted by atomic mass is 16.3. The Labute approximate surface area is 110 Å². The lowest BCUT2D eigenvalue weighted by Crippen LogP contribution is -2.26. The van der Waals surface area contributed by atoms with Crippen molar-refractivity contribution in [2.24, 2.45) is 0 Å². The van der Waals surface area contributed by atoms with Crippen molar-refractivity contribution in [3.8, 4) is 0 Å². The van der Waals surface area contributed by atoms with Gasteiger partial charge in [0.2, 0.25) is 0 Å². The molecule has 0 spiro atoms. The first kappa shape index (κ1) is 14.9. The predicted molar refractivity (Wildman–Crippen MR) is 76.4 cm³/mol. The Balaban J connectivity index is 2.60. The first-order valence-corrected chi connectivity index (χ1v) is 6.52. The highest BCUT2D eigenvalue weighted by Gasteiger charge is 2.04. The number of nitrogens with zero attached hydrogens (tertiary/aromatic N) is 1. The molecule has 0 bridgehead atoms. The molecule has 0 aliphatic rings. The van der Waals surface area contributed by atoms with Gasteiger partial charge in [-0.15, -0.1) is 6.58 Å². The molecule has 0 radical (unpaired) electrons. The second kappa shape index (κ2) is 8.86. The molecule has 1 rings (SSSR count). The van der Waals surface area contributed by atoms with E-state index in [4.69, 9.17) is 5.11 Å². The van der Waals surface area contributed by atoms with E-state index in [1.165, 1.54) is 11.1 Å². The SMILES string of the molecule is C=CCN(CCO)Cc1cccc(CNCC)c1. The van der Waals surface area contributed by atoms with E-state index >= 15 is 0 Å². The summed E-state index contributed by atoms with van der Waals surface area (Å²) in [7, 11) is 0. The molecule has 3 heteroatoms. The number of benzene rings is 1. The maximum atomic E-state index is 9.03. The number of rotatable bonds is 9. The topological polar surface area (TPSA) is 35.5 Å². The molecule has 100 valence electrons. The number of hydrogen-bond acceptors (Lipinski definition) is 3. The average Bonchev–Trinajstić information content (AvgIpc) is 2.37. The number of aliphatic hydroxyl groups is 1. The zero-order chi connectivity index (χ0) is 13.2. The third-order valence-electron chi connectivity index (χ3n) is 2.78. The van der Waals surface area contributed by atoms with Crippen molar-refractivity contribution in [3.05, 3.63) is 48.0 Å². The van der Waals surface area contributed by atoms with E-state index < -0.39 is 0 Å². The van der Waals surface area contributed by atoms with Gasteiger partial charge in [0.25, 0.3) is 0 Å². The summed E-state index contributed by atoms with van der Waals surface area (Å²) >= 11 is 0. The molecule has 0 unspecified atom stereocenters. The van der Waals surface area contributed by atoms with Crippen molar-refractivity contribution in [2.45, 2.75) is 20.0 Å². The highest BCUT2D eigenvalue weighted by Crippen LogP contribution is 2.08. The highest BCUT2D eigenvalue weighted by molar-refractivity contribution is 5.23. The van der Waals surface area contributed by atoms with Crippen LogP contribution in [0.2, 0.25) is 0 Å². The van der Waals surface area contributed by atoms with Gasteiger partial charge in [0, 0.05) is 26.2 Å². The van der Waals surface area contributed by atoms with Crippen LogP contribution in [0, 0.1) is 0 Å². The van der Waals surface area contributed by atoms with Crippen molar-refractivity contribution in [3.63, 3.8) is 0 Å². The molecule has 1 aromatic rings. The van der Waals surface area contributed by atoms with Crippen LogP contribution in [0.15, 0.2) is 36.9 Å². The second-order valence-corrected chi connectivity index (χ2v) is 4.35. The van der Waals surface area contributed by atoms with E-state index in [2.05, 4.69) is 48.0 Å². The minimum Gasteiger partial charge on any atom is -0.395 e. The maximum absolute atomic E-state index is 9.03. The fraction of sp³-hybridized carbons (Fsp3) is 0.467. The standard InChI is InChI=1S/C15H24N2O/c1-3-8-17(9-10-18)13-15-7-5-6-14(11-15)12-16-4-2/h3,5-7,11,16,18H,1,4,8-10,12-13H2,2H3. The summed E-state index contributed by atoms with van der Waals surface area (Å²) in [5.41, 5.74) is 2.58. The third kappa shape index (κ3) is 5.45. The number of hydrogen-bond donors (Lipinski definition) is 2. The zero-order valence-corrected chi connectivity index (χ0v) is 11.2. The lowest BCUT2D eigenvalue weighted by molar-refractivity contribution is 0.203. The normalized spacial score (nSPS) is 10.8. The molecule has 2 N–H and O–H groups in total. The van der Waals surface area contributed by atoms with Crippen molar-refractivity contribution < 1.29 is 5.11 Å². The van der Waals surface area contributed by atoms with Gasteiger partial charge in [0.05, 0.1) is 6.61 Å². The van der Waals surface area contributed by atoms with Crippen LogP contribution >= 0.6 is 0 Å². The molecule has 18 heavy (non-hydrogen) atoms. The molecule has 0 heterocycles. The molecule has 0 aliphatic carbocycles. The van der Waals surface area contributed by atoms with Crippen LogP contribution in [-0.4, -0.2) is 36.2 Å². The molecular formula is C15H24N2O. The monoisotopic (exact) mass is 248 g/mol. The van der Waals surface area contributed by atoms with Crippen molar-refractivity contribution in [1.29, 1.82) is 0 Å². The van der Waals surface area contributed by atoms with Crippen molar-refractivity contribution in [1.82, 2.24) is 10.2 Å². The summed E-state index contributed by atoms with van der Waals surface area (Å²) in [4.78, 5) is 2.18. The van der Waals surface area contributed by atoms with Crippen LogP contribution in [0.3, 0.4) is 0 Å². The van der Waals surface area contributed by atoms with Gasteiger partial charge < -0.3 is 10.4 Å². The fourth-order valence-corrected chi connectivity index (χ4v) is 1.92. The Morgan fingerprint density at radius 1 is 1.39 bits per heavy atom. The number of nitrogens with one attached hydrogen (secondary N) is 1. The van der Waals surface area contributed by atoms with Crippen LogP contribution in [0.4, 0.5) is 0 Å². The Kier molecular flexibility index (Phi) is 7.34. The van der Waals surface area contributed by atoms with Gasteiger partial charge in [-0.1, -0.05) is 37.3 Å². The molecule has 0 aliphatic heterocycles. The summed E-state index contributed by atoms with van der Waals surface area (Å²) in [6.45, 7) is 10.3. The molecular weight excluding hydrogens is 224 g/mol. The average molecular weight is 248 g/mol. The Morgan fingerprint density at radius 2 is 2.17 bits per heavy atom. The van der Waals surface area contributed by atoms with Gasteiger partial charge in [-0.25, -0.2) is 0 Å². The van der Waals surface area contributed by atoms with E-state index in [1.54, 1.807) is 0 Å². The van der Waals surface area contributed by atoms with E-state index in [9.17, 15) is 0 Å². The number of aliphatic hydroxyl groups excluding tert-OH is 1. The summed E-state index contributed by atoms with van der Waals surface area (Å²) in [6.07, 6.45) is 1.87. The smallest absolute Gasteiger partial charge is 0.0558 e. The van der Waals surface area contributed by atoms with Gasteiger partial charge >= 0.3 is 0 Å². The molecule has 0 fully saturated rings. The van der Waals surface area contributed by atoms with E-state index in [1.807, 2.05) is 6.08 Å². The Morgan fingerprint density at radius 3 is 2.83 bits per heavy atom. The Bertz CT molecular complexity index is 352. The van der Waals surface area contributed by atoms with Crippen LogP contribution in [0.1, 0.15) is 18.1 Å². The fourth-order valence-electron chi connectivity index (χ4n) is 1.92. The van der Waals surface area contributed by atoms with E-state index in [0.717, 1.165) is 26.2 Å². The first-order valence-electron chi connectivity index (χ1n) is 6.52. The van der Waals surface area contributed by atoms with Gasteiger partial charge in [-0.3, -0.25) is 4.90 Å². The van der Waals surface area contributed by atoms with Crippen LogP contribution < -0.4 is 5.32 Å². The van der Waals surface area contributed by atoms with E-state index in [0.29, 0.717) is 6.54 Å². The lowest BCUT2D eigenvalue weighted by atomic mass is 10.1. The molecule has 0 saturated carbocycles. The van der Waals surface area contributed by atoms with Crippen LogP contribution in [0.25, 0.3) is 0 Å². The van der Waals surface area contributed by atoms with Gasteiger partial charge in [0.15, 0.2) is 0 Å². The maximum Gasteiger partial charge on any atom is 0.0558 e. The van der Waals surface area contributed by atoms with Gasteiger partial charge in [0.1, 0.15) is 0 Å². The lowest BCUT2D eigenvalue weighted by Gasteiger charge is -2.19. The first-order chi connectivity index (χ1) is 8.80. The van der Waals surface area contributed by atoms with Crippen molar-refractivity contribution >= 4 is 0 Å². The summed E-state index contributed by atoms with van der Waals surface area (Å²) in [6, 6.07) is 8.57. The minimum atomic E-state index is 0.185.